The summed E-state index contributed by atoms with van der Waals surface area (Å²) in [4.78, 5) is 35.6. The topological polar surface area (TPSA) is 56.8 Å². The molecule has 1 fully saturated rings. The highest BCUT2D eigenvalue weighted by Crippen LogP contribution is 2.28. The van der Waals surface area contributed by atoms with Crippen molar-refractivity contribution in [3.8, 4) is 0 Å². The van der Waals surface area contributed by atoms with E-state index in [1.807, 2.05) is 72.4 Å². The Bertz CT molecular complexity index is 1130. The Balaban J connectivity index is 1.36. The van der Waals surface area contributed by atoms with E-state index in [1.54, 1.807) is 22.3 Å². The molecule has 4 rings (SSSR count). The van der Waals surface area contributed by atoms with Crippen LogP contribution in [0.3, 0.4) is 0 Å². The van der Waals surface area contributed by atoms with Gasteiger partial charge in [-0.25, -0.2) is 4.98 Å². The molecule has 0 spiro atoms. The van der Waals surface area contributed by atoms with Crippen LogP contribution >= 0.6 is 27.3 Å². The van der Waals surface area contributed by atoms with Gasteiger partial charge in [-0.1, -0.05) is 39.4 Å². The van der Waals surface area contributed by atoms with Crippen molar-refractivity contribution in [2.24, 2.45) is 0 Å². The van der Waals surface area contributed by atoms with Crippen LogP contribution in [-0.4, -0.2) is 66.9 Å². The van der Waals surface area contributed by atoms with E-state index in [2.05, 4.69) is 20.9 Å². The number of rotatable bonds is 4. The molecule has 3 aromatic rings. The predicted octanol–water partition coefficient (Wildman–Crippen LogP) is 4.12. The lowest BCUT2D eigenvalue weighted by molar-refractivity contribution is -0.127. The highest BCUT2D eigenvalue weighted by molar-refractivity contribution is 9.10. The maximum Gasteiger partial charge on any atom is 0.254 e. The van der Waals surface area contributed by atoms with Crippen molar-refractivity contribution >= 4 is 60.5 Å². The van der Waals surface area contributed by atoms with Crippen molar-refractivity contribution in [1.29, 1.82) is 0 Å². The monoisotopic (exact) mass is 498 g/mol. The highest BCUT2D eigenvalue weighted by atomic mass is 79.9. The Morgan fingerprint density at radius 1 is 1.03 bits per heavy atom. The summed E-state index contributed by atoms with van der Waals surface area (Å²) in [6.07, 6.45) is 3.42. The van der Waals surface area contributed by atoms with Gasteiger partial charge in [-0.05, 0) is 42.0 Å². The van der Waals surface area contributed by atoms with Gasteiger partial charge in [-0.15, -0.1) is 0 Å². The summed E-state index contributed by atoms with van der Waals surface area (Å²) < 4.78 is 2.01. The molecular weight excluding hydrogens is 476 g/mol. The molecule has 0 atom stereocenters. The van der Waals surface area contributed by atoms with E-state index in [1.165, 1.54) is 0 Å². The third-order valence-corrected chi connectivity index (χ3v) is 6.89. The van der Waals surface area contributed by atoms with Crippen molar-refractivity contribution in [3.63, 3.8) is 0 Å². The number of piperazine rings is 1. The summed E-state index contributed by atoms with van der Waals surface area (Å²) in [5, 5.41) is 0.919. The second-order valence-electron chi connectivity index (χ2n) is 7.58. The van der Waals surface area contributed by atoms with Crippen LogP contribution in [0.1, 0.15) is 15.9 Å². The number of benzene rings is 2. The van der Waals surface area contributed by atoms with Crippen molar-refractivity contribution in [3.05, 3.63) is 64.1 Å². The first-order valence-electron chi connectivity index (χ1n) is 10.0. The fraction of sp³-hybridized carbons (Fsp3) is 0.261. The smallest absolute Gasteiger partial charge is 0.254 e. The number of fused-ring (bicyclic) bond motifs is 1. The zero-order chi connectivity index (χ0) is 22.0. The molecule has 160 valence electrons. The average Bonchev–Trinajstić information content (AvgIpc) is 3.22. The molecule has 8 heteroatoms. The first-order chi connectivity index (χ1) is 14.9. The summed E-state index contributed by atoms with van der Waals surface area (Å²) in [5.74, 6) is -0.0310. The molecule has 1 aromatic heterocycles. The standard InChI is InChI=1S/C23H23BrN4O2S/c1-26(2)23-25-19-9-6-17(15-20(19)31-23)22(30)28-13-11-27(12-14-28)21(29)10-5-16-3-7-18(24)8-4-16/h3-10,15H,11-14H2,1-2H3/b10-5+. The van der Waals surface area contributed by atoms with Crippen molar-refractivity contribution in [1.82, 2.24) is 14.8 Å². The quantitative estimate of drug-likeness (QED) is 0.507. The lowest BCUT2D eigenvalue weighted by atomic mass is 10.1. The molecule has 31 heavy (non-hydrogen) atoms. The summed E-state index contributed by atoms with van der Waals surface area (Å²) >= 11 is 4.98. The molecule has 0 radical (unpaired) electrons. The number of carbonyl (C=O) groups excluding carboxylic acids is 2. The molecule has 6 nitrogen and oxygen atoms in total. The first kappa shape index (κ1) is 21.5. The lowest BCUT2D eigenvalue weighted by Gasteiger charge is -2.34. The molecule has 1 aliphatic rings. The number of thiazole rings is 1. The van der Waals surface area contributed by atoms with Gasteiger partial charge in [0.25, 0.3) is 5.91 Å². The third kappa shape index (κ3) is 4.97. The molecule has 0 aliphatic carbocycles. The number of hydrogen-bond donors (Lipinski definition) is 0. The van der Waals surface area contributed by atoms with Gasteiger partial charge in [0.05, 0.1) is 10.2 Å². The number of hydrogen-bond acceptors (Lipinski definition) is 5. The highest BCUT2D eigenvalue weighted by Gasteiger charge is 2.24. The largest absolute Gasteiger partial charge is 0.354 e. The molecule has 2 aromatic carbocycles. The zero-order valence-electron chi connectivity index (χ0n) is 17.4. The Kier molecular flexibility index (Phi) is 6.38. The lowest BCUT2D eigenvalue weighted by Crippen LogP contribution is -2.50. The van der Waals surface area contributed by atoms with Crippen molar-refractivity contribution in [2.75, 3.05) is 45.2 Å². The molecular formula is C23H23BrN4O2S. The summed E-state index contributed by atoms with van der Waals surface area (Å²) in [5.41, 5.74) is 2.54. The van der Waals surface area contributed by atoms with Gasteiger partial charge >= 0.3 is 0 Å². The van der Waals surface area contributed by atoms with Gasteiger partial charge in [0.1, 0.15) is 0 Å². The Morgan fingerprint density at radius 3 is 2.39 bits per heavy atom. The summed E-state index contributed by atoms with van der Waals surface area (Å²) in [6, 6.07) is 13.4. The minimum atomic E-state index is -0.0303. The Morgan fingerprint density at radius 2 is 1.71 bits per heavy atom. The maximum absolute atomic E-state index is 13.0. The summed E-state index contributed by atoms with van der Waals surface area (Å²) in [7, 11) is 3.91. The van der Waals surface area contributed by atoms with Gasteiger partial charge in [-0.2, -0.15) is 0 Å². The number of carbonyl (C=O) groups is 2. The number of anilines is 1. The second-order valence-corrected chi connectivity index (χ2v) is 9.50. The van der Waals surface area contributed by atoms with Crippen LogP contribution < -0.4 is 4.90 Å². The van der Waals surface area contributed by atoms with Crippen LogP contribution in [0.2, 0.25) is 0 Å². The first-order valence-corrected chi connectivity index (χ1v) is 11.6. The number of halogens is 1. The van der Waals surface area contributed by atoms with Gasteiger partial charge in [0.2, 0.25) is 5.91 Å². The fourth-order valence-corrected chi connectivity index (χ4v) is 4.59. The van der Waals surface area contributed by atoms with Gasteiger partial charge in [0.15, 0.2) is 5.13 Å². The number of nitrogens with zero attached hydrogens (tertiary/aromatic N) is 4. The van der Waals surface area contributed by atoms with E-state index in [9.17, 15) is 9.59 Å². The molecule has 0 bridgehead atoms. The minimum absolute atomic E-state index is 0.000735. The van der Waals surface area contributed by atoms with Crippen LogP contribution in [0.15, 0.2) is 53.0 Å². The molecule has 0 saturated carbocycles. The second kappa shape index (κ2) is 9.20. The fourth-order valence-electron chi connectivity index (χ4n) is 3.40. The maximum atomic E-state index is 13.0. The van der Waals surface area contributed by atoms with Crippen LogP contribution in [0.4, 0.5) is 5.13 Å². The number of aromatic nitrogens is 1. The van der Waals surface area contributed by atoms with E-state index in [0.717, 1.165) is 25.4 Å². The third-order valence-electron chi connectivity index (χ3n) is 5.17. The molecule has 2 amide bonds. The summed E-state index contributed by atoms with van der Waals surface area (Å²) in [6.45, 7) is 2.12. The van der Waals surface area contributed by atoms with Crippen LogP contribution in [0.5, 0.6) is 0 Å². The Labute approximate surface area is 193 Å². The SMILES string of the molecule is CN(C)c1nc2ccc(C(=O)N3CCN(C(=O)/C=C/c4ccc(Br)cc4)CC3)cc2s1. The predicted molar refractivity (Wildman–Crippen MR) is 130 cm³/mol. The number of amides is 2. The van der Waals surface area contributed by atoms with Gasteiger partial charge in [-0.3, -0.25) is 9.59 Å². The minimum Gasteiger partial charge on any atom is -0.354 e. The van der Waals surface area contributed by atoms with E-state index in [-0.39, 0.29) is 11.8 Å². The van der Waals surface area contributed by atoms with Crippen LogP contribution in [-0.2, 0) is 4.79 Å². The molecule has 2 heterocycles. The van der Waals surface area contributed by atoms with Crippen molar-refractivity contribution in [2.45, 2.75) is 0 Å². The zero-order valence-corrected chi connectivity index (χ0v) is 19.8. The normalized spacial score (nSPS) is 14.4. The molecule has 1 aliphatic heterocycles. The molecule has 0 unspecified atom stereocenters. The van der Waals surface area contributed by atoms with Crippen molar-refractivity contribution < 1.29 is 9.59 Å². The van der Waals surface area contributed by atoms with E-state index in [0.29, 0.717) is 31.7 Å². The van der Waals surface area contributed by atoms with Crippen LogP contribution in [0, 0.1) is 0 Å². The van der Waals surface area contributed by atoms with Gasteiger partial charge < -0.3 is 14.7 Å². The molecule has 1 saturated heterocycles. The average molecular weight is 499 g/mol. The molecule has 0 N–H and O–H groups in total. The van der Waals surface area contributed by atoms with E-state index >= 15 is 0 Å². The van der Waals surface area contributed by atoms with E-state index in [4.69, 9.17) is 0 Å². The van der Waals surface area contributed by atoms with Crippen LogP contribution in [0.25, 0.3) is 16.3 Å². The van der Waals surface area contributed by atoms with E-state index < -0.39 is 0 Å². The van der Waals surface area contributed by atoms with Gasteiger partial charge in [0, 0.05) is 56.4 Å². The Hall–Kier alpha value is -2.71.